The summed E-state index contributed by atoms with van der Waals surface area (Å²) in [6.45, 7) is 14.8. The molecule has 2 amide bonds. The fourth-order valence-corrected chi connectivity index (χ4v) is 3.17. The van der Waals surface area contributed by atoms with Crippen molar-refractivity contribution in [3.63, 3.8) is 0 Å². The van der Waals surface area contributed by atoms with Gasteiger partial charge in [-0.05, 0) is 24.2 Å². The molecule has 8 heteroatoms. The molecule has 1 aliphatic heterocycles. The van der Waals surface area contributed by atoms with Crippen molar-refractivity contribution >= 4 is 23.8 Å². The van der Waals surface area contributed by atoms with Crippen LogP contribution in [-0.2, 0) is 28.7 Å². The fraction of sp³-hybridized carbons (Fsp3) is 0.727. The third kappa shape index (κ3) is 6.57. The average Bonchev–Trinajstić information content (AvgIpc) is 2.67. The van der Waals surface area contributed by atoms with Gasteiger partial charge in [0.25, 0.3) is 5.91 Å². The van der Waals surface area contributed by atoms with E-state index in [0.29, 0.717) is 6.42 Å². The molecule has 0 bridgehead atoms. The molecular weight excluding hydrogens is 388 g/mol. The van der Waals surface area contributed by atoms with Crippen molar-refractivity contribution in [2.45, 2.75) is 72.6 Å². The van der Waals surface area contributed by atoms with Gasteiger partial charge in [0.2, 0.25) is 5.91 Å². The monoisotopic (exact) mass is 424 g/mol. The van der Waals surface area contributed by atoms with Gasteiger partial charge in [-0.25, -0.2) is 4.79 Å². The van der Waals surface area contributed by atoms with E-state index in [2.05, 4.69) is 17.2 Å². The molecule has 8 nitrogen and oxygen atoms in total. The number of nitrogens with one attached hydrogen (secondary N) is 2. The quantitative estimate of drug-likeness (QED) is 0.282. The number of carbonyl (C=O) groups excluding carboxylic acids is 4. The van der Waals surface area contributed by atoms with Gasteiger partial charge in [0.15, 0.2) is 6.10 Å². The molecule has 1 saturated heterocycles. The minimum Gasteiger partial charge on any atom is -0.464 e. The Morgan fingerprint density at radius 2 is 1.70 bits per heavy atom. The Hall–Kier alpha value is -2.38. The molecule has 30 heavy (non-hydrogen) atoms. The maximum absolute atomic E-state index is 12.9. The largest absolute Gasteiger partial charge is 0.464 e. The zero-order valence-electron chi connectivity index (χ0n) is 18.9. The molecule has 1 rings (SSSR count). The number of amides is 2. The molecule has 1 heterocycles. The molecule has 0 saturated carbocycles. The van der Waals surface area contributed by atoms with Gasteiger partial charge in [-0.2, -0.15) is 0 Å². The van der Waals surface area contributed by atoms with Crippen molar-refractivity contribution in [2.24, 2.45) is 23.7 Å². The summed E-state index contributed by atoms with van der Waals surface area (Å²) < 4.78 is 10.2. The van der Waals surface area contributed by atoms with Crippen molar-refractivity contribution in [2.75, 3.05) is 6.61 Å². The number of ether oxygens (including phenoxy) is 2. The summed E-state index contributed by atoms with van der Waals surface area (Å²) in [4.78, 5) is 49.7. The summed E-state index contributed by atoms with van der Waals surface area (Å²) in [7, 11) is 0. The van der Waals surface area contributed by atoms with Crippen LogP contribution in [0.4, 0.5) is 0 Å². The van der Waals surface area contributed by atoms with Crippen molar-refractivity contribution in [3.05, 3.63) is 12.7 Å². The lowest BCUT2D eigenvalue weighted by Gasteiger charge is -2.38. The van der Waals surface area contributed by atoms with Gasteiger partial charge in [-0.3, -0.25) is 14.4 Å². The third-order valence-corrected chi connectivity index (χ3v) is 5.39. The molecule has 0 radical (unpaired) electrons. The van der Waals surface area contributed by atoms with E-state index in [1.807, 2.05) is 13.8 Å². The van der Waals surface area contributed by atoms with E-state index in [1.54, 1.807) is 33.8 Å². The predicted molar refractivity (Wildman–Crippen MR) is 112 cm³/mol. The predicted octanol–water partition coefficient (Wildman–Crippen LogP) is 1.98. The second-order valence-electron chi connectivity index (χ2n) is 8.47. The Morgan fingerprint density at radius 1 is 1.10 bits per heavy atom. The van der Waals surface area contributed by atoms with Gasteiger partial charge in [0.05, 0.1) is 6.61 Å². The third-order valence-electron chi connectivity index (χ3n) is 5.39. The molecule has 0 spiro atoms. The molecule has 1 fully saturated rings. The first-order valence-corrected chi connectivity index (χ1v) is 10.6. The summed E-state index contributed by atoms with van der Waals surface area (Å²) in [6.07, 6.45) is 2.00. The summed E-state index contributed by atoms with van der Waals surface area (Å²) in [5, 5.41) is 5.39. The lowest BCUT2D eigenvalue weighted by molar-refractivity contribution is -0.193. The first-order chi connectivity index (χ1) is 14.0. The summed E-state index contributed by atoms with van der Waals surface area (Å²) in [5.41, 5.74) is 0. The van der Waals surface area contributed by atoms with E-state index < -0.39 is 47.9 Å². The Kier molecular flexibility index (Phi) is 10.0. The van der Waals surface area contributed by atoms with E-state index in [0.717, 1.165) is 6.42 Å². The lowest BCUT2D eigenvalue weighted by Crippen LogP contribution is -2.61. The maximum atomic E-state index is 12.9. The van der Waals surface area contributed by atoms with Crippen LogP contribution in [-0.4, -0.2) is 48.5 Å². The number of carbonyl (C=O) groups is 4. The highest BCUT2D eigenvalue weighted by Crippen LogP contribution is 2.31. The van der Waals surface area contributed by atoms with Gasteiger partial charge in [0, 0.05) is 0 Å². The Bertz CT molecular complexity index is 646. The van der Waals surface area contributed by atoms with Crippen molar-refractivity contribution < 1.29 is 28.7 Å². The molecule has 4 unspecified atom stereocenters. The second-order valence-corrected chi connectivity index (χ2v) is 8.47. The Balaban J connectivity index is 2.81. The molecule has 0 aromatic heterocycles. The van der Waals surface area contributed by atoms with Gasteiger partial charge in [0.1, 0.15) is 18.0 Å². The van der Waals surface area contributed by atoms with Crippen molar-refractivity contribution in [1.82, 2.24) is 10.6 Å². The fourth-order valence-electron chi connectivity index (χ4n) is 3.17. The first-order valence-electron chi connectivity index (χ1n) is 10.6. The number of esters is 2. The molecule has 0 aliphatic carbocycles. The summed E-state index contributed by atoms with van der Waals surface area (Å²) >= 11 is 0. The number of hydrogen-bond donors (Lipinski definition) is 2. The standard InChI is InChI=1S/C22H36N2O6/c1-8-10-11-29-22(28)17(13(5)6)24-19(25)16(12(3)4)23-20(26)18-15(14(7)9-2)21(27)30-18/h8,12-18H,1,9-11H2,2-7H3,(H,23,26)(H,24,25)/t14-,15?,16?,17?,18?/m0/s1. The van der Waals surface area contributed by atoms with E-state index in [1.165, 1.54) is 0 Å². The Morgan fingerprint density at radius 3 is 2.17 bits per heavy atom. The van der Waals surface area contributed by atoms with Crippen LogP contribution in [0.2, 0.25) is 0 Å². The maximum Gasteiger partial charge on any atom is 0.328 e. The van der Waals surface area contributed by atoms with E-state index in [-0.39, 0.29) is 24.4 Å². The highest BCUT2D eigenvalue weighted by atomic mass is 16.6. The lowest BCUT2D eigenvalue weighted by atomic mass is 9.82. The molecule has 0 aromatic rings. The average molecular weight is 425 g/mol. The molecular formula is C22H36N2O6. The van der Waals surface area contributed by atoms with Crippen LogP contribution >= 0.6 is 0 Å². The zero-order valence-corrected chi connectivity index (χ0v) is 18.9. The van der Waals surface area contributed by atoms with E-state index in [4.69, 9.17) is 9.47 Å². The van der Waals surface area contributed by atoms with Crippen LogP contribution in [0.15, 0.2) is 12.7 Å². The zero-order chi connectivity index (χ0) is 23.0. The topological polar surface area (TPSA) is 111 Å². The minimum atomic E-state index is -0.897. The van der Waals surface area contributed by atoms with Crippen LogP contribution in [0, 0.1) is 23.7 Å². The minimum absolute atomic E-state index is 0.00369. The van der Waals surface area contributed by atoms with E-state index in [9.17, 15) is 19.2 Å². The van der Waals surface area contributed by atoms with E-state index >= 15 is 0 Å². The summed E-state index contributed by atoms with van der Waals surface area (Å²) in [5.74, 6) is -2.84. The molecule has 0 aromatic carbocycles. The normalized spacial score (nSPS) is 21.1. The number of hydrogen-bond acceptors (Lipinski definition) is 6. The van der Waals surface area contributed by atoms with Crippen LogP contribution in [0.5, 0.6) is 0 Å². The van der Waals surface area contributed by atoms with Crippen LogP contribution in [0.3, 0.4) is 0 Å². The van der Waals surface area contributed by atoms with Crippen molar-refractivity contribution in [1.29, 1.82) is 0 Å². The van der Waals surface area contributed by atoms with Gasteiger partial charge >= 0.3 is 11.9 Å². The van der Waals surface area contributed by atoms with Gasteiger partial charge < -0.3 is 20.1 Å². The van der Waals surface area contributed by atoms with Crippen LogP contribution < -0.4 is 10.6 Å². The highest BCUT2D eigenvalue weighted by molar-refractivity contribution is 5.97. The number of cyclic esters (lactones) is 1. The van der Waals surface area contributed by atoms with Gasteiger partial charge in [-0.15, -0.1) is 6.58 Å². The summed E-state index contributed by atoms with van der Waals surface area (Å²) in [6, 6.07) is -1.72. The highest BCUT2D eigenvalue weighted by Gasteiger charge is 2.50. The van der Waals surface area contributed by atoms with Crippen molar-refractivity contribution in [3.8, 4) is 0 Å². The van der Waals surface area contributed by atoms with Crippen LogP contribution in [0.1, 0.15) is 54.4 Å². The number of rotatable bonds is 12. The first kappa shape index (κ1) is 25.7. The van der Waals surface area contributed by atoms with Crippen LogP contribution in [0.25, 0.3) is 0 Å². The smallest absolute Gasteiger partial charge is 0.328 e. The SMILES string of the molecule is C=CCCOC(=O)C(NC(=O)C(NC(=O)C1OC(=O)C1[C@@H](C)CC)C(C)C)C(C)C. The Labute approximate surface area is 179 Å². The second kappa shape index (κ2) is 11.7. The molecule has 170 valence electrons. The molecule has 5 atom stereocenters. The molecule has 1 aliphatic rings. The van der Waals surface area contributed by atoms with Gasteiger partial charge in [-0.1, -0.05) is 54.0 Å². The molecule has 2 N–H and O–H groups in total.